The molecule has 0 aliphatic heterocycles. The maximum absolute atomic E-state index is 12.9. The van der Waals surface area contributed by atoms with Gasteiger partial charge in [0.1, 0.15) is 5.82 Å². The largest absolute Gasteiger partial charge is 0.417 e. The molecule has 1 aromatic carbocycles. The fourth-order valence-corrected chi connectivity index (χ4v) is 2.80. The summed E-state index contributed by atoms with van der Waals surface area (Å²) in [5.74, 6) is 2.45. The summed E-state index contributed by atoms with van der Waals surface area (Å²) in [6.07, 6.45) is 1.64. The summed E-state index contributed by atoms with van der Waals surface area (Å²) in [5, 5.41) is 0.746. The van der Waals surface area contributed by atoms with E-state index in [9.17, 15) is 18.0 Å². The molecule has 0 unspecified atom stereocenters. The van der Waals surface area contributed by atoms with Crippen molar-refractivity contribution in [1.82, 2.24) is 14.9 Å². The van der Waals surface area contributed by atoms with Gasteiger partial charge in [0, 0.05) is 17.1 Å². The lowest BCUT2D eigenvalue weighted by molar-refractivity contribution is -0.137. The maximum Gasteiger partial charge on any atom is 0.417 e. The molecule has 0 radical (unpaired) electrons. The Hall–Kier alpha value is -3.60. The smallest absolute Gasteiger partial charge is 0.383 e. The van der Waals surface area contributed by atoms with E-state index in [0.717, 1.165) is 23.2 Å². The van der Waals surface area contributed by atoms with E-state index in [0.29, 0.717) is 22.6 Å². The molecular formula is C21H17F3N4O. The molecule has 1 amide bonds. The van der Waals surface area contributed by atoms with Crippen molar-refractivity contribution in [1.29, 1.82) is 0 Å². The number of halogens is 3. The first-order chi connectivity index (χ1) is 13.7. The molecule has 3 rings (SSSR count). The number of hydrogen-bond acceptors (Lipinski definition) is 4. The molecule has 0 atom stereocenters. The van der Waals surface area contributed by atoms with Crippen LogP contribution in [0.3, 0.4) is 0 Å². The number of aryl methyl sites for hydroxylation is 1. The van der Waals surface area contributed by atoms with Crippen LogP contribution in [0.15, 0.2) is 42.6 Å². The Morgan fingerprint density at radius 2 is 2.00 bits per heavy atom. The van der Waals surface area contributed by atoms with Crippen LogP contribution in [0.5, 0.6) is 0 Å². The molecule has 5 nitrogen and oxygen atoms in total. The summed E-state index contributed by atoms with van der Waals surface area (Å²) in [5.41, 5.74) is 7.07. The highest BCUT2D eigenvalue weighted by Gasteiger charge is 2.30. The van der Waals surface area contributed by atoms with Crippen molar-refractivity contribution in [2.75, 3.05) is 12.3 Å². The topological polar surface area (TPSA) is 72.1 Å². The Labute approximate surface area is 165 Å². The van der Waals surface area contributed by atoms with Gasteiger partial charge < -0.3 is 10.6 Å². The fourth-order valence-electron chi connectivity index (χ4n) is 2.80. The van der Waals surface area contributed by atoms with Gasteiger partial charge in [-0.15, -0.1) is 6.42 Å². The number of nitrogen functional groups attached to an aromatic ring is 1. The number of rotatable bonds is 4. The number of alkyl halides is 3. The standard InChI is InChI=1S/C21H17F3N4O/c1-3-8-28(12-17-6-5-16(11-26-17)21(22,23)24)20(29)14-4-7-18-15(10-14)9-13(2)19(25)27-18/h1,4-7,9-11H,8,12H2,2H3,(H2,25,27). The van der Waals surface area contributed by atoms with Gasteiger partial charge in [0.05, 0.1) is 29.9 Å². The zero-order valence-corrected chi connectivity index (χ0v) is 15.5. The van der Waals surface area contributed by atoms with Crippen molar-refractivity contribution in [3.63, 3.8) is 0 Å². The number of pyridine rings is 2. The average molecular weight is 398 g/mol. The minimum atomic E-state index is -4.47. The average Bonchev–Trinajstić information content (AvgIpc) is 2.67. The number of terminal acetylenes is 1. The van der Waals surface area contributed by atoms with E-state index in [1.54, 1.807) is 18.2 Å². The second-order valence-electron chi connectivity index (χ2n) is 6.50. The monoisotopic (exact) mass is 398 g/mol. The molecule has 3 aromatic rings. The summed E-state index contributed by atoms with van der Waals surface area (Å²) in [7, 11) is 0. The summed E-state index contributed by atoms with van der Waals surface area (Å²) in [6.45, 7) is 1.79. The number of nitrogens with zero attached hydrogens (tertiary/aromatic N) is 3. The number of nitrogens with two attached hydrogens (primary N) is 1. The lowest BCUT2D eigenvalue weighted by Gasteiger charge is -2.20. The highest BCUT2D eigenvalue weighted by Crippen LogP contribution is 2.28. The van der Waals surface area contributed by atoms with Crippen molar-refractivity contribution in [2.24, 2.45) is 0 Å². The Morgan fingerprint density at radius 3 is 2.62 bits per heavy atom. The number of carbonyl (C=O) groups is 1. The van der Waals surface area contributed by atoms with Gasteiger partial charge in [-0.3, -0.25) is 9.78 Å². The third kappa shape index (κ3) is 4.46. The van der Waals surface area contributed by atoms with E-state index in [-0.39, 0.29) is 19.0 Å². The van der Waals surface area contributed by atoms with Crippen molar-refractivity contribution < 1.29 is 18.0 Å². The third-order valence-electron chi connectivity index (χ3n) is 4.37. The van der Waals surface area contributed by atoms with E-state index < -0.39 is 11.7 Å². The predicted molar refractivity (Wildman–Crippen MR) is 104 cm³/mol. The van der Waals surface area contributed by atoms with Crippen LogP contribution < -0.4 is 5.73 Å². The van der Waals surface area contributed by atoms with Gasteiger partial charge in [0.2, 0.25) is 0 Å². The molecule has 29 heavy (non-hydrogen) atoms. The molecule has 0 saturated heterocycles. The van der Waals surface area contributed by atoms with E-state index in [1.807, 2.05) is 13.0 Å². The Balaban J connectivity index is 1.87. The first kappa shape index (κ1) is 20.1. The van der Waals surface area contributed by atoms with E-state index in [2.05, 4.69) is 15.9 Å². The quantitative estimate of drug-likeness (QED) is 0.679. The highest BCUT2D eigenvalue weighted by atomic mass is 19.4. The maximum atomic E-state index is 12.9. The number of anilines is 1. The third-order valence-corrected chi connectivity index (χ3v) is 4.37. The predicted octanol–water partition coefficient (Wildman–Crippen LogP) is 3.81. The van der Waals surface area contributed by atoms with Gasteiger partial charge in [0.15, 0.2) is 0 Å². The van der Waals surface area contributed by atoms with Crippen molar-refractivity contribution in [2.45, 2.75) is 19.6 Å². The lowest BCUT2D eigenvalue weighted by atomic mass is 10.1. The highest BCUT2D eigenvalue weighted by molar-refractivity contribution is 5.98. The van der Waals surface area contributed by atoms with Crippen molar-refractivity contribution in [3.05, 3.63) is 65.0 Å². The van der Waals surface area contributed by atoms with Crippen molar-refractivity contribution >= 4 is 22.6 Å². The summed E-state index contributed by atoms with van der Waals surface area (Å²) >= 11 is 0. The van der Waals surface area contributed by atoms with E-state index >= 15 is 0 Å². The number of carbonyl (C=O) groups excluding carboxylic acids is 1. The molecule has 0 aliphatic carbocycles. The SMILES string of the molecule is C#CCN(Cc1ccc(C(F)(F)F)cn1)C(=O)c1ccc2nc(N)c(C)cc2c1. The van der Waals surface area contributed by atoms with E-state index in [4.69, 9.17) is 12.2 Å². The van der Waals surface area contributed by atoms with Crippen LogP contribution in [0.1, 0.15) is 27.2 Å². The Morgan fingerprint density at radius 1 is 1.24 bits per heavy atom. The molecule has 0 spiro atoms. The molecule has 2 heterocycles. The molecule has 2 N–H and O–H groups in total. The van der Waals surface area contributed by atoms with Gasteiger partial charge in [-0.1, -0.05) is 5.92 Å². The van der Waals surface area contributed by atoms with Gasteiger partial charge >= 0.3 is 6.18 Å². The van der Waals surface area contributed by atoms with Crippen LogP contribution >= 0.6 is 0 Å². The first-order valence-corrected chi connectivity index (χ1v) is 8.61. The fraction of sp³-hybridized carbons (Fsp3) is 0.190. The molecule has 148 valence electrons. The lowest BCUT2D eigenvalue weighted by Crippen LogP contribution is -2.31. The van der Waals surface area contributed by atoms with Gasteiger partial charge in [0.25, 0.3) is 5.91 Å². The zero-order chi connectivity index (χ0) is 21.2. The first-order valence-electron chi connectivity index (χ1n) is 8.61. The molecule has 0 saturated carbocycles. The number of fused-ring (bicyclic) bond motifs is 1. The molecule has 0 bridgehead atoms. The molecule has 0 fully saturated rings. The van der Waals surface area contributed by atoms with Crippen LogP contribution in [0.2, 0.25) is 0 Å². The normalized spacial score (nSPS) is 11.3. The van der Waals surface area contributed by atoms with Gasteiger partial charge in [-0.05, 0) is 48.9 Å². The molecular weight excluding hydrogens is 381 g/mol. The minimum Gasteiger partial charge on any atom is -0.383 e. The number of benzene rings is 1. The number of aromatic nitrogens is 2. The van der Waals surface area contributed by atoms with Crippen LogP contribution in [0.25, 0.3) is 10.9 Å². The molecule has 0 aliphatic rings. The zero-order valence-electron chi connectivity index (χ0n) is 15.5. The van der Waals surface area contributed by atoms with Crippen LogP contribution in [0.4, 0.5) is 19.0 Å². The Kier molecular flexibility index (Phi) is 5.41. The molecule has 2 aromatic heterocycles. The van der Waals surface area contributed by atoms with Crippen LogP contribution in [-0.4, -0.2) is 27.3 Å². The number of amides is 1. The second-order valence-corrected chi connectivity index (χ2v) is 6.50. The summed E-state index contributed by atoms with van der Waals surface area (Å²) in [6, 6.07) is 8.96. The van der Waals surface area contributed by atoms with Crippen LogP contribution in [-0.2, 0) is 12.7 Å². The minimum absolute atomic E-state index is 0.0153. The Bertz CT molecular complexity index is 1100. The summed E-state index contributed by atoms with van der Waals surface area (Å²) < 4.78 is 38.1. The summed E-state index contributed by atoms with van der Waals surface area (Å²) in [4.78, 5) is 22.4. The molecule has 8 heteroatoms. The second kappa shape index (κ2) is 7.80. The van der Waals surface area contributed by atoms with E-state index in [1.165, 1.54) is 11.0 Å². The van der Waals surface area contributed by atoms with Gasteiger partial charge in [-0.25, -0.2) is 4.98 Å². The van der Waals surface area contributed by atoms with Crippen LogP contribution in [0, 0.1) is 19.3 Å². The van der Waals surface area contributed by atoms with Gasteiger partial charge in [-0.2, -0.15) is 13.2 Å². The number of hydrogen-bond donors (Lipinski definition) is 1. The van der Waals surface area contributed by atoms with Crippen molar-refractivity contribution in [3.8, 4) is 12.3 Å².